The molecule has 0 aliphatic heterocycles. The first-order valence-corrected chi connectivity index (χ1v) is 9.60. The van der Waals surface area contributed by atoms with Gasteiger partial charge in [-0.25, -0.2) is 9.98 Å². The summed E-state index contributed by atoms with van der Waals surface area (Å²) in [6.07, 6.45) is 2.99. The highest BCUT2D eigenvalue weighted by Gasteiger charge is 2.30. The maximum absolute atomic E-state index is 12.6. The van der Waals surface area contributed by atoms with Crippen LogP contribution in [0.3, 0.4) is 0 Å². The van der Waals surface area contributed by atoms with Crippen molar-refractivity contribution in [3.8, 4) is 5.75 Å². The number of ether oxygens (including phenoxy) is 2. The fourth-order valence-electron chi connectivity index (χ4n) is 3.08. The molecule has 160 valence electrons. The Morgan fingerprint density at radius 2 is 1.81 bits per heavy atom. The Bertz CT molecular complexity index is 1080. The lowest BCUT2D eigenvalue weighted by molar-refractivity contribution is 0.102. The van der Waals surface area contributed by atoms with Gasteiger partial charge in [-0.2, -0.15) is 0 Å². The number of methoxy groups -OCH3 is 2. The molecule has 1 aromatic heterocycles. The lowest BCUT2D eigenvalue weighted by atomic mass is 9.85. The van der Waals surface area contributed by atoms with Crippen LogP contribution >= 0.6 is 0 Å². The molecule has 0 saturated carbocycles. The number of nitrogens with one attached hydrogen (secondary N) is 1. The molecule has 0 aliphatic carbocycles. The van der Waals surface area contributed by atoms with Gasteiger partial charge in [0, 0.05) is 11.9 Å². The van der Waals surface area contributed by atoms with E-state index in [1.165, 1.54) is 13.3 Å². The number of hydrogen-bond acceptors (Lipinski definition) is 6. The molecule has 0 fully saturated rings. The zero-order chi connectivity index (χ0) is 22.4. The molecule has 1 amide bonds. The topological polar surface area (TPSA) is 112 Å². The number of anilines is 1. The van der Waals surface area contributed by atoms with Gasteiger partial charge in [0.05, 0.1) is 26.1 Å². The molecule has 8 heteroatoms. The molecule has 0 spiro atoms. The molecule has 1 atom stereocenters. The first-order valence-electron chi connectivity index (χ1n) is 9.60. The zero-order valence-electron chi connectivity index (χ0n) is 17.9. The van der Waals surface area contributed by atoms with Crippen LogP contribution < -0.4 is 15.8 Å². The summed E-state index contributed by atoms with van der Waals surface area (Å²) in [6.45, 7) is 3.73. The number of nitrogens with zero attached hydrogens (tertiary/aromatic N) is 3. The second-order valence-corrected chi connectivity index (χ2v) is 7.03. The fraction of sp³-hybridized carbons (Fsp3) is 0.217. The van der Waals surface area contributed by atoms with E-state index in [-0.39, 0.29) is 17.6 Å². The fourth-order valence-corrected chi connectivity index (χ4v) is 3.08. The van der Waals surface area contributed by atoms with Gasteiger partial charge in [0.15, 0.2) is 0 Å². The van der Waals surface area contributed by atoms with E-state index in [9.17, 15) is 4.79 Å². The summed E-state index contributed by atoms with van der Waals surface area (Å²) in [4.78, 5) is 25.4. The van der Waals surface area contributed by atoms with Crippen LogP contribution in [0.15, 0.2) is 65.9 Å². The van der Waals surface area contributed by atoms with E-state index in [1.54, 1.807) is 19.4 Å². The molecule has 31 heavy (non-hydrogen) atoms. The molecule has 2 aromatic carbocycles. The third-order valence-electron chi connectivity index (χ3n) is 4.89. The van der Waals surface area contributed by atoms with Crippen molar-refractivity contribution in [2.45, 2.75) is 19.4 Å². The third kappa shape index (κ3) is 4.98. The van der Waals surface area contributed by atoms with Gasteiger partial charge >= 0.3 is 0 Å². The minimum absolute atomic E-state index is 0.0442. The van der Waals surface area contributed by atoms with Crippen molar-refractivity contribution >= 4 is 17.6 Å². The van der Waals surface area contributed by atoms with Gasteiger partial charge in [0.1, 0.15) is 17.0 Å². The van der Waals surface area contributed by atoms with Crippen molar-refractivity contribution in [2.24, 2.45) is 10.7 Å². The van der Waals surface area contributed by atoms with Gasteiger partial charge in [0.25, 0.3) is 11.9 Å². The summed E-state index contributed by atoms with van der Waals surface area (Å²) in [6, 6.07) is 15.0. The summed E-state index contributed by atoms with van der Waals surface area (Å²) in [5, 5.41) is 2.85. The molecule has 0 saturated heterocycles. The number of amides is 1. The van der Waals surface area contributed by atoms with E-state index in [4.69, 9.17) is 15.2 Å². The van der Waals surface area contributed by atoms with Crippen LogP contribution in [-0.4, -0.2) is 36.1 Å². The number of amidine groups is 1. The van der Waals surface area contributed by atoms with Gasteiger partial charge in [-0.1, -0.05) is 24.3 Å². The predicted molar refractivity (Wildman–Crippen MR) is 119 cm³/mol. The molecule has 1 unspecified atom stereocenters. The van der Waals surface area contributed by atoms with E-state index in [2.05, 4.69) is 20.3 Å². The summed E-state index contributed by atoms with van der Waals surface area (Å²) in [5.74, 6) is 0.380. The Kier molecular flexibility index (Phi) is 6.49. The Morgan fingerprint density at radius 1 is 1.06 bits per heavy atom. The van der Waals surface area contributed by atoms with Crippen molar-refractivity contribution < 1.29 is 14.3 Å². The Morgan fingerprint density at radius 3 is 2.42 bits per heavy atom. The second-order valence-electron chi connectivity index (χ2n) is 7.03. The van der Waals surface area contributed by atoms with Crippen molar-refractivity contribution in [2.75, 3.05) is 19.5 Å². The molecule has 0 bridgehead atoms. The summed E-state index contributed by atoms with van der Waals surface area (Å²) >= 11 is 0. The van der Waals surface area contributed by atoms with Gasteiger partial charge < -0.3 is 20.5 Å². The number of aryl methyl sites for hydroxylation is 1. The molecule has 3 aromatic rings. The van der Waals surface area contributed by atoms with E-state index in [0.717, 1.165) is 22.6 Å². The molecular weight excluding hydrogens is 394 g/mol. The van der Waals surface area contributed by atoms with Crippen molar-refractivity contribution in [1.29, 1.82) is 0 Å². The van der Waals surface area contributed by atoms with Crippen molar-refractivity contribution in [3.63, 3.8) is 0 Å². The summed E-state index contributed by atoms with van der Waals surface area (Å²) < 4.78 is 10.4. The summed E-state index contributed by atoms with van der Waals surface area (Å²) in [7, 11) is 3.08. The number of aromatic nitrogens is 2. The van der Waals surface area contributed by atoms with Crippen LogP contribution in [0.2, 0.25) is 0 Å². The van der Waals surface area contributed by atoms with E-state index >= 15 is 0 Å². The molecule has 1 heterocycles. The Hall–Kier alpha value is -3.94. The molecule has 0 aliphatic rings. The number of nitrogens with two attached hydrogens (primary N) is 1. The Balaban J connectivity index is 1.98. The minimum atomic E-state index is -0.864. The molecular formula is C23H25N5O3. The quantitative estimate of drug-likeness (QED) is 0.468. The second kappa shape index (κ2) is 9.25. The monoisotopic (exact) mass is 419 g/mol. The highest BCUT2D eigenvalue weighted by Crippen LogP contribution is 2.35. The van der Waals surface area contributed by atoms with Crippen LogP contribution in [0.5, 0.6) is 5.75 Å². The lowest BCUT2D eigenvalue weighted by Gasteiger charge is -2.27. The highest BCUT2D eigenvalue weighted by atomic mass is 16.5. The number of carbonyl (C=O) groups excluding carboxylic acids is 1. The van der Waals surface area contributed by atoms with Gasteiger partial charge in [0.2, 0.25) is 0 Å². The highest BCUT2D eigenvalue weighted by molar-refractivity contribution is 6.02. The largest absolute Gasteiger partial charge is 0.497 e. The normalized spacial score (nSPS) is 13.2. The van der Waals surface area contributed by atoms with E-state index in [1.807, 2.05) is 56.3 Å². The SMILES string of the molecule is CO/C(N)=N\C(C)(c1ccc(OC)cc1)c1cccc(NC(=O)c2cnc(C)cn2)c1. The van der Waals surface area contributed by atoms with Crippen LogP contribution in [0.4, 0.5) is 5.69 Å². The van der Waals surface area contributed by atoms with Gasteiger partial charge in [-0.15, -0.1) is 0 Å². The van der Waals surface area contributed by atoms with Crippen LogP contribution in [-0.2, 0) is 10.3 Å². The smallest absolute Gasteiger partial charge is 0.282 e. The first-order chi connectivity index (χ1) is 14.9. The molecule has 3 N–H and O–H groups in total. The maximum Gasteiger partial charge on any atom is 0.282 e. The van der Waals surface area contributed by atoms with Crippen LogP contribution in [0.25, 0.3) is 0 Å². The van der Waals surface area contributed by atoms with Gasteiger partial charge in [-0.05, 0) is 49.2 Å². The number of aliphatic imine (C=N–C) groups is 1. The average Bonchev–Trinajstić information content (AvgIpc) is 2.79. The number of carbonyl (C=O) groups is 1. The van der Waals surface area contributed by atoms with E-state index in [0.29, 0.717) is 5.69 Å². The van der Waals surface area contributed by atoms with Crippen molar-refractivity contribution in [1.82, 2.24) is 9.97 Å². The van der Waals surface area contributed by atoms with Crippen molar-refractivity contribution in [3.05, 3.63) is 83.4 Å². The Labute approximate surface area is 181 Å². The van der Waals surface area contributed by atoms with Crippen LogP contribution in [0.1, 0.15) is 34.2 Å². The maximum atomic E-state index is 12.6. The average molecular weight is 419 g/mol. The molecule has 0 radical (unpaired) electrons. The number of rotatable bonds is 6. The standard InChI is InChI=1S/C23H25N5O3/c1-15-13-26-20(14-25-15)21(29)27-18-7-5-6-17(12-18)23(2,28-22(24)31-4)16-8-10-19(30-3)11-9-16/h5-14H,1-4H3,(H2,24,28)(H,27,29). The minimum Gasteiger partial charge on any atom is -0.497 e. The molecule has 3 rings (SSSR count). The lowest BCUT2D eigenvalue weighted by Crippen LogP contribution is -2.27. The predicted octanol–water partition coefficient (Wildman–Crippen LogP) is 3.27. The van der Waals surface area contributed by atoms with Gasteiger partial charge in [-0.3, -0.25) is 9.78 Å². The van der Waals surface area contributed by atoms with Crippen LogP contribution in [0, 0.1) is 6.92 Å². The number of benzene rings is 2. The third-order valence-corrected chi connectivity index (χ3v) is 4.89. The van der Waals surface area contributed by atoms with E-state index < -0.39 is 5.54 Å². The zero-order valence-corrected chi connectivity index (χ0v) is 17.9. The number of hydrogen-bond donors (Lipinski definition) is 2. The first kappa shape index (κ1) is 21.8. The molecule has 8 nitrogen and oxygen atoms in total. The summed E-state index contributed by atoms with van der Waals surface area (Å²) in [5.41, 5.74) is 8.30.